The van der Waals surface area contributed by atoms with Crippen molar-refractivity contribution < 1.29 is 14.4 Å². The molecule has 0 bridgehead atoms. The number of rotatable bonds is 5. The molecule has 0 radical (unpaired) electrons. The van der Waals surface area contributed by atoms with Gasteiger partial charge in [0.1, 0.15) is 5.92 Å². The summed E-state index contributed by atoms with van der Waals surface area (Å²) in [6.07, 6.45) is 0.446. The number of carbonyl (C=O) groups excluding carboxylic acids is 3. The molecule has 1 heterocycles. The van der Waals surface area contributed by atoms with Crippen LogP contribution in [0.15, 0.2) is 28.7 Å². The molecule has 22 heavy (non-hydrogen) atoms. The second kappa shape index (κ2) is 7.40. The van der Waals surface area contributed by atoms with E-state index >= 15 is 0 Å². The van der Waals surface area contributed by atoms with E-state index in [9.17, 15) is 14.4 Å². The number of nitrogens with one attached hydrogen (secondary N) is 2. The van der Waals surface area contributed by atoms with E-state index in [1.165, 1.54) is 0 Å². The molecule has 0 aromatic heterocycles. The summed E-state index contributed by atoms with van der Waals surface area (Å²) in [5, 5.41) is 5.11. The monoisotopic (exact) mass is 367 g/mol. The van der Waals surface area contributed by atoms with Gasteiger partial charge < -0.3 is 15.5 Å². The summed E-state index contributed by atoms with van der Waals surface area (Å²) in [6, 6.07) is 7.39. The quantitative estimate of drug-likeness (QED) is 0.763. The molecule has 2 N–H and O–H groups in total. The van der Waals surface area contributed by atoms with Gasteiger partial charge in [-0.2, -0.15) is 0 Å². The molecule has 1 aromatic rings. The SMILES string of the molecule is CCNC(=O)CNC(=O)C1CCN(c2ccccc2Br)C1=O. The number of halogens is 1. The van der Waals surface area contributed by atoms with Gasteiger partial charge in [-0.05, 0) is 41.4 Å². The molecule has 1 aliphatic heterocycles. The van der Waals surface area contributed by atoms with Crippen molar-refractivity contribution in [3.63, 3.8) is 0 Å². The molecule has 1 unspecified atom stereocenters. The number of para-hydroxylation sites is 1. The molecule has 3 amide bonds. The van der Waals surface area contributed by atoms with Crippen LogP contribution in [0.4, 0.5) is 5.69 Å². The minimum atomic E-state index is -0.735. The van der Waals surface area contributed by atoms with Crippen molar-refractivity contribution in [3.8, 4) is 0 Å². The number of anilines is 1. The van der Waals surface area contributed by atoms with Gasteiger partial charge in [-0.3, -0.25) is 14.4 Å². The molecule has 1 aliphatic rings. The van der Waals surface area contributed by atoms with Gasteiger partial charge in [-0.25, -0.2) is 0 Å². The number of hydrogen-bond donors (Lipinski definition) is 2. The van der Waals surface area contributed by atoms with Crippen LogP contribution in [0.3, 0.4) is 0 Å². The summed E-state index contributed by atoms with van der Waals surface area (Å²) in [6.45, 7) is 2.69. The second-order valence-electron chi connectivity index (χ2n) is 4.95. The van der Waals surface area contributed by atoms with Crippen molar-refractivity contribution in [2.24, 2.45) is 5.92 Å². The van der Waals surface area contributed by atoms with Crippen LogP contribution in [-0.2, 0) is 14.4 Å². The third-order valence-electron chi connectivity index (χ3n) is 3.46. The Kier molecular flexibility index (Phi) is 5.54. The van der Waals surface area contributed by atoms with E-state index in [4.69, 9.17) is 0 Å². The smallest absolute Gasteiger partial charge is 0.239 e. The third-order valence-corrected chi connectivity index (χ3v) is 4.13. The highest BCUT2D eigenvalue weighted by atomic mass is 79.9. The average molecular weight is 368 g/mol. The second-order valence-corrected chi connectivity index (χ2v) is 5.81. The summed E-state index contributed by atoms with van der Waals surface area (Å²) in [5.41, 5.74) is 0.756. The summed E-state index contributed by atoms with van der Waals surface area (Å²) in [7, 11) is 0. The fourth-order valence-corrected chi connectivity index (χ4v) is 2.88. The molecule has 2 rings (SSSR count). The largest absolute Gasteiger partial charge is 0.355 e. The van der Waals surface area contributed by atoms with Crippen LogP contribution in [-0.4, -0.2) is 37.4 Å². The Morgan fingerprint density at radius 2 is 2.05 bits per heavy atom. The highest BCUT2D eigenvalue weighted by Crippen LogP contribution is 2.31. The zero-order valence-corrected chi connectivity index (χ0v) is 13.9. The first-order valence-corrected chi connectivity index (χ1v) is 7.94. The molecule has 1 saturated heterocycles. The lowest BCUT2D eigenvalue weighted by molar-refractivity contribution is -0.133. The molecule has 1 aromatic carbocycles. The third kappa shape index (κ3) is 3.65. The van der Waals surface area contributed by atoms with Crippen LogP contribution in [0.5, 0.6) is 0 Å². The van der Waals surface area contributed by atoms with Gasteiger partial charge in [0.15, 0.2) is 0 Å². The van der Waals surface area contributed by atoms with E-state index in [1.807, 2.05) is 24.3 Å². The van der Waals surface area contributed by atoms with Gasteiger partial charge >= 0.3 is 0 Å². The number of amides is 3. The van der Waals surface area contributed by atoms with Crippen molar-refractivity contribution in [3.05, 3.63) is 28.7 Å². The molecule has 0 spiro atoms. The lowest BCUT2D eigenvalue weighted by Gasteiger charge is -2.18. The first kappa shape index (κ1) is 16.5. The van der Waals surface area contributed by atoms with Gasteiger partial charge in [0.2, 0.25) is 17.7 Å². The standard InChI is InChI=1S/C15H18BrN3O3/c1-2-17-13(20)9-18-14(21)10-7-8-19(15(10)22)12-6-4-3-5-11(12)16/h3-6,10H,2,7-9H2,1H3,(H,17,20)(H,18,21). The van der Waals surface area contributed by atoms with Crippen molar-refractivity contribution in [1.29, 1.82) is 0 Å². The fraction of sp³-hybridized carbons (Fsp3) is 0.400. The highest BCUT2D eigenvalue weighted by Gasteiger charge is 2.38. The van der Waals surface area contributed by atoms with Crippen LogP contribution >= 0.6 is 15.9 Å². The zero-order chi connectivity index (χ0) is 16.1. The van der Waals surface area contributed by atoms with Gasteiger partial charge in [-0.15, -0.1) is 0 Å². The summed E-state index contributed by atoms with van der Waals surface area (Å²) in [4.78, 5) is 37.4. The number of hydrogen-bond acceptors (Lipinski definition) is 3. The Morgan fingerprint density at radius 3 is 2.73 bits per heavy atom. The predicted molar refractivity (Wildman–Crippen MR) is 86.3 cm³/mol. The van der Waals surface area contributed by atoms with Gasteiger partial charge in [-0.1, -0.05) is 12.1 Å². The molecule has 1 atom stereocenters. The van der Waals surface area contributed by atoms with E-state index < -0.39 is 11.8 Å². The van der Waals surface area contributed by atoms with Crippen molar-refractivity contribution >= 4 is 39.3 Å². The van der Waals surface area contributed by atoms with E-state index in [2.05, 4.69) is 26.6 Å². The molecular formula is C15H18BrN3O3. The summed E-state index contributed by atoms with van der Waals surface area (Å²) < 4.78 is 0.812. The predicted octanol–water partition coefficient (Wildman–Crippen LogP) is 1.05. The first-order chi connectivity index (χ1) is 10.5. The van der Waals surface area contributed by atoms with E-state index in [0.29, 0.717) is 19.5 Å². The summed E-state index contributed by atoms with van der Waals surface area (Å²) >= 11 is 3.41. The van der Waals surface area contributed by atoms with Gasteiger partial charge in [0.05, 0.1) is 12.2 Å². The Bertz CT molecular complexity index is 591. The van der Waals surface area contributed by atoms with Crippen molar-refractivity contribution in [1.82, 2.24) is 10.6 Å². The van der Waals surface area contributed by atoms with E-state index in [-0.39, 0.29) is 18.4 Å². The Labute approximate surface area is 137 Å². The molecule has 6 nitrogen and oxygen atoms in total. The normalized spacial score (nSPS) is 17.5. The lowest BCUT2D eigenvalue weighted by atomic mass is 10.1. The molecule has 7 heteroatoms. The topological polar surface area (TPSA) is 78.5 Å². The summed E-state index contributed by atoms with van der Waals surface area (Å²) in [5.74, 6) is -1.63. The lowest BCUT2D eigenvalue weighted by Crippen LogP contribution is -2.42. The van der Waals surface area contributed by atoms with Crippen LogP contribution in [0.25, 0.3) is 0 Å². The number of carbonyl (C=O) groups is 3. The highest BCUT2D eigenvalue weighted by molar-refractivity contribution is 9.10. The van der Waals surface area contributed by atoms with Crippen LogP contribution in [0.2, 0.25) is 0 Å². The number of nitrogens with zero attached hydrogens (tertiary/aromatic N) is 1. The van der Waals surface area contributed by atoms with E-state index in [1.54, 1.807) is 11.8 Å². The van der Waals surface area contributed by atoms with Crippen LogP contribution in [0, 0.1) is 5.92 Å². The first-order valence-electron chi connectivity index (χ1n) is 7.15. The number of benzene rings is 1. The Morgan fingerprint density at radius 1 is 1.32 bits per heavy atom. The van der Waals surface area contributed by atoms with E-state index in [0.717, 1.165) is 10.2 Å². The Balaban J connectivity index is 1.98. The van der Waals surface area contributed by atoms with Crippen LogP contribution < -0.4 is 15.5 Å². The van der Waals surface area contributed by atoms with Crippen molar-refractivity contribution in [2.45, 2.75) is 13.3 Å². The number of likely N-dealkylation sites (N-methyl/N-ethyl adjacent to an activating group) is 1. The zero-order valence-electron chi connectivity index (χ0n) is 12.3. The molecule has 0 aliphatic carbocycles. The maximum Gasteiger partial charge on any atom is 0.239 e. The Hall–Kier alpha value is -1.89. The molecule has 118 valence electrons. The maximum atomic E-state index is 12.4. The van der Waals surface area contributed by atoms with Crippen LogP contribution in [0.1, 0.15) is 13.3 Å². The average Bonchev–Trinajstić information content (AvgIpc) is 2.87. The van der Waals surface area contributed by atoms with Gasteiger partial charge in [0, 0.05) is 17.6 Å². The minimum Gasteiger partial charge on any atom is -0.355 e. The maximum absolute atomic E-state index is 12.4. The van der Waals surface area contributed by atoms with Gasteiger partial charge in [0.25, 0.3) is 0 Å². The van der Waals surface area contributed by atoms with Crippen molar-refractivity contribution in [2.75, 3.05) is 24.5 Å². The minimum absolute atomic E-state index is 0.106. The molecule has 0 saturated carbocycles. The molecule has 1 fully saturated rings. The fourth-order valence-electron chi connectivity index (χ4n) is 2.38. The molecular weight excluding hydrogens is 350 g/mol.